The van der Waals surface area contributed by atoms with Crippen LogP contribution in [0, 0.1) is 5.92 Å². The van der Waals surface area contributed by atoms with Crippen molar-refractivity contribution in [2.45, 2.75) is 38.3 Å². The molecule has 1 N–H and O–H groups in total. The smallest absolute Gasteiger partial charge is 0.0572 e. The number of hydrogen-bond acceptors (Lipinski definition) is 3. The Morgan fingerprint density at radius 3 is 3.00 bits per heavy atom. The van der Waals surface area contributed by atoms with Crippen molar-refractivity contribution in [3.05, 3.63) is 30.1 Å². The van der Waals surface area contributed by atoms with Crippen LogP contribution < -0.4 is 5.32 Å². The van der Waals surface area contributed by atoms with Gasteiger partial charge in [0.05, 0.1) is 5.69 Å². The van der Waals surface area contributed by atoms with Crippen LogP contribution >= 0.6 is 0 Å². The molecule has 0 radical (unpaired) electrons. The first-order valence-corrected chi connectivity index (χ1v) is 7.23. The van der Waals surface area contributed by atoms with Crippen molar-refractivity contribution in [2.24, 2.45) is 5.92 Å². The Kier molecular flexibility index (Phi) is 3.62. The first-order valence-electron chi connectivity index (χ1n) is 7.23. The topological polar surface area (TPSA) is 28.2 Å². The summed E-state index contributed by atoms with van der Waals surface area (Å²) < 4.78 is 0. The van der Waals surface area contributed by atoms with E-state index in [1.165, 1.54) is 44.6 Å². The SMILES string of the molecule is CC(c1ccccn1)N1CCCNC(C2CC2)C1. The molecule has 1 saturated carbocycles. The fraction of sp³-hybridized carbons (Fsp3) is 0.667. The molecule has 1 aromatic rings. The van der Waals surface area contributed by atoms with Crippen LogP contribution in [0.4, 0.5) is 0 Å². The van der Waals surface area contributed by atoms with Crippen LogP contribution in [0.1, 0.15) is 37.9 Å². The van der Waals surface area contributed by atoms with Crippen molar-refractivity contribution in [1.82, 2.24) is 15.2 Å². The van der Waals surface area contributed by atoms with Crippen molar-refractivity contribution in [3.63, 3.8) is 0 Å². The van der Waals surface area contributed by atoms with Gasteiger partial charge >= 0.3 is 0 Å². The molecule has 2 aliphatic rings. The lowest BCUT2D eigenvalue weighted by atomic mass is 10.1. The zero-order chi connectivity index (χ0) is 12.4. The lowest BCUT2D eigenvalue weighted by Gasteiger charge is -2.29. The predicted molar refractivity (Wildman–Crippen MR) is 73.4 cm³/mol. The number of nitrogens with one attached hydrogen (secondary N) is 1. The van der Waals surface area contributed by atoms with Gasteiger partial charge in [-0.15, -0.1) is 0 Å². The lowest BCUT2D eigenvalue weighted by molar-refractivity contribution is 0.197. The highest BCUT2D eigenvalue weighted by Gasteiger charge is 2.34. The Hall–Kier alpha value is -0.930. The lowest BCUT2D eigenvalue weighted by Crippen LogP contribution is -2.40. The van der Waals surface area contributed by atoms with Crippen LogP contribution in [0.25, 0.3) is 0 Å². The Morgan fingerprint density at radius 1 is 1.39 bits per heavy atom. The molecule has 0 aromatic carbocycles. The van der Waals surface area contributed by atoms with Crippen LogP contribution in [-0.2, 0) is 0 Å². The average Bonchev–Trinajstić information content (AvgIpc) is 3.24. The summed E-state index contributed by atoms with van der Waals surface area (Å²) in [5, 5.41) is 3.72. The largest absolute Gasteiger partial charge is 0.312 e. The molecule has 3 nitrogen and oxygen atoms in total. The first kappa shape index (κ1) is 12.1. The third-order valence-corrected chi connectivity index (χ3v) is 4.31. The molecule has 0 bridgehead atoms. The normalized spacial score (nSPS) is 27.7. The van der Waals surface area contributed by atoms with Crippen molar-refractivity contribution in [3.8, 4) is 0 Å². The minimum atomic E-state index is 0.437. The summed E-state index contributed by atoms with van der Waals surface area (Å²) in [4.78, 5) is 7.11. The van der Waals surface area contributed by atoms with Gasteiger partial charge in [0.2, 0.25) is 0 Å². The highest BCUT2D eigenvalue weighted by Crippen LogP contribution is 2.34. The fourth-order valence-corrected chi connectivity index (χ4v) is 2.95. The summed E-state index contributed by atoms with van der Waals surface area (Å²) >= 11 is 0. The molecule has 0 amide bonds. The maximum atomic E-state index is 4.51. The van der Waals surface area contributed by atoms with Crippen molar-refractivity contribution < 1.29 is 0 Å². The molecule has 2 unspecified atom stereocenters. The van der Waals surface area contributed by atoms with Gasteiger partial charge in [-0.05, 0) is 50.8 Å². The number of nitrogens with zero attached hydrogens (tertiary/aromatic N) is 2. The second kappa shape index (κ2) is 5.37. The summed E-state index contributed by atoms with van der Waals surface area (Å²) in [6, 6.07) is 7.38. The van der Waals surface area contributed by atoms with Gasteiger partial charge in [0.25, 0.3) is 0 Å². The Morgan fingerprint density at radius 2 is 2.28 bits per heavy atom. The van der Waals surface area contributed by atoms with Crippen LogP contribution in [0.5, 0.6) is 0 Å². The van der Waals surface area contributed by atoms with Crippen molar-refractivity contribution >= 4 is 0 Å². The Balaban J connectivity index is 1.69. The van der Waals surface area contributed by atoms with E-state index in [9.17, 15) is 0 Å². The molecular formula is C15H23N3. The number of aromatic nitrogens is 1. The third kappa shape index (κ3) is 2.73. The summed E-state index contributed by atoms with van der Waals surface area (Å²) in [7, 11) is 0. The van der Waals surface area contributed by atoms with E-state index in [0.29, 0.717) is 12.1 Å². The van der Waals surface area contributed by atoms with Gasteiger partial charge in [-0.3, -0.25) is 9.88 Å². The molecule has 3 rings (SSSR count). The average molecular weight is 245 g/mol. The zero-order valence-electron chi connectivity index (χ0n) is 11.2. The van der Waals surface area contributed by atoms with Gasteiger partial charge in [0, 0.05) is 31.4 Å². The third-order valence-electron chi connectivity index (χ3n) is 4.31. The highest BCUT2D eigenvalue weighted by atomic mass is 15.2. The van der Waals surface area contributed by atoms with Crippen LogP contribution in [0.15, 0.2) is 24.4 Å². The first-order chi connectivity index (χ1) is 8.84. The molecular weight excluding hydrogens is 222 g/mol. The summed E-state index contributed by atoms with van der Waals surface area (Å²) in [6.07, 6.45) is 5.99. The Bertz CT molecular complexity index is 375. The minimum absolute atomic E-state index is 0.437. The fourth-order valence-electron chi connectivity index (χ4n) is 2.95. The second-order valence-electron chi connectivity index (χ2n) is 5.68. The van der Waals surface area contributed by atoms with E-state index in [-0.39, 0.29) is 0 Å². The van der Waals surface area contributed by atoms with Crippen LogP contribution in [-0.4, -0.2) is 35.6 Å². The van der Waals surface area contributed by atoms with E-state index in [0.717, 1.165) is 5.92 Å². The number of rotatable bonds is 3. The molecule has 1 aliphatic heterocycles. The van der Waals surface area contributed by atoms with E-state index in [2.05, 4.69) is 34.3 Å². The summed E-state index contributed by atoms with van der Waals surface area (Å²) in [5.74, 6) is 0.932. The molecule has 1 aliphatic carbocycles. The molecule has 98 valence electrons. The van der Waals surface area contributed by atoms with E-state index in [1.54, 1.807) is 0 Å². The van der Waals surface area contributed by atoms with Gasteiger partial charge < -0.3 is 5.32 Å². The highest BCUT2D eigenvalue weighted by molar-refractivity contribution is 5.08. The molecule has 1 aromatic heterocycles. The van der Waals surface area contributed by atoms with Crippen molar-refractivity contribution in [1.29, 1.82) is 0 Å². The van der Waals surface area contributed by atoms with Gasteiger partial charge in [0.1, 0.15) is 0 Å². The molecule has 0 spiro atoms. The predicted octanol–water partition coefficient (Wildman–Crippen LogP) is 2.22. The van der Waals surface area contributed by atoms with Gasteiger partial charge in [-0.2, -0.15) is 0 Å². The molecule has 2 heterocycles. The molecule has 2 fully saturated rings. The van der Waals surface area contributed by atoms with E-state index < -0.39 is 0 Å². The minimum Gasteiger partial charge on any atom is -0.312 e. The molecule has 2 atom stereocenters. The number of hydrogen-bond donors (Lipinski definition) is 1. The maximum absolute atomic E-state index is 4.51. The Labute approximate surface area is 110 Å². The van der Waals surface area contributed by atoms with E-state index >= 15 is 0 Å². The standard InChI is InChI=1S/C15H23N3/c1-12(14-5-2-3-8-16-14)18-10-4-9-17-15(11-18)13-6-7-13/h2-3,5,8,12-13,15,17H,4,6-7,9-11H2,1H3. The quantitative estimate of drug-likeness (QED) is 0.885. The van der Waals surface area contributed by atoms with Crippen LogP contribution in [0.2, 0.25) is 0 Å². The monoisotopic (exact) mass is 245 g/mol. The van der Waals surface area contributed by atoms with Crippen LogP contribution in [0.3, 0.4) is 0 Å². The van der Waals surface area contributed by atoms with E-state index in [1.807, 2.05) is 12.3 Å². The van der Waals surface area contributed by atoms with Crippen molar-refractivity contribution in [2.75, 3.05) is 19.6 Å². The summed E-state index contributed by atoms with van der Waals surface area (Å²) in [6.45, 7) is 5.83. The maximum Gasteiger partial charge on any atom is 0.0572 e. The van der Waals surface area contributed by atoms with Gasteiger partial charge in [-0.25, -0.2) is 0 Å². The second-order valence-corrected chi connectivity index (χ2v) is 5.68. The number of pyridine rings is 1. The van der Waals surface area contributed by atoms with E-state index in [4.69, 9.17) is 0 Å². The molecule has 1 saturated heterocycles. The zero-order valence-corrected chi connectivity index (χ0v) is 11.2. The van der Waals surface area contributed by atoms with Gasteiger partial charge in [-0.1, -0.05) is 6.07 Å². The summed E-state index contributed by atoms with van der Waals surface area (Å²) in [5.41, 5.74) is 1.20. The van der Waals surface area contributed by atoms with Gasteiger partial charge in [0.15, 0.2) is 0 Å². The molecule has 18 heavy (non-hydrogen) atoms. The molecule has 3 heteroatoms.